The molecule has 1 aliphatic heterocycles. The molecule has 0 atom stereocenters. The van der Waals surface area contributed by atoms with Gasteiger partial charge in [-0.25, -0.2) is 0 Å². The normalized spacial score (nSPS) is 14.3. The van der Waals surface area contributed by atoms with Crippen LogP contribution < -0.4 is 10.9 Å². The van der Waals surface area contributed by atoms with Crippen LogP contribution in [-0.4, -0.2) is 41.5 Å². The van der Waals surface area contributed by atoms with Crippen LogP contribution in [0.25, 0.3) is 5.57 Å². The molecule has 140 valence electrons. The number of halogens is 1. The summed E-state index contributed by atoms with van der Waals surface area (Å²) in [5.74, 6) is -0.508. The van der Waals surface area contributed by atoms with Gasteiger partial charge in [-0.1, -0.05) is 41.9 Å². The predicted octanol–water partition coefficient (Wildman–Crippen LogP) is 2.60. The number of amides is 2. The largest absolute Gasteiger partial charge is 0.508 e. The first-order chi connectivity index (χ1) is 13.0. The van der Waals surface area contributed by atoms with E-state index in [0.717, 1.165) is 18.5 Å². The summed E-state index contributed by atoms with van der Waals surface area (Å²) in [6, 6.07) is 13.7. The number of nitrogens with zero attached hydrogens (tertiary/aromatic N) is 1. The Balaban J connectivity index is 1.47. The first kappa shape index (κ1) is 18.9. The third-order valence-electron chi connectivity index (χ3n) is 4.33. The van der Waals surface area contributed by atoms with E-state index in [9.17, 15) is 14.7 Å². The Hall–Kier alpha value is -2.83. The number of hydrogen-bond donors (Lipinski definition) is 3. The molecule has 0 fully saturated rings. The number of hydrazine groups is 1. The minimum Gasteiger partial charge on any atom is -0.508 e. The van der Waals surface area contributed by atoms with Crippen LogP contribution in [-0.2, 0) is 4.79 Å². The zero-order valence-corrected chi connectivity index (χ0v) is 15.4. The second-order valence-electron chi connectivity index (χ2n) is 6.24. The Kier molecular flexibility index (Phi) is 6.11. The van der Waals surface area contributed by atoms with E-state index in [2.05, 4.69) is 16.9 Å². The van der Waals surface area contributed by atoms with Crippen molar-refractivity contribution in [2.75, 3.05) is 19.6 Å². The zero-order valence-electron chi connectivity index (χ0n) is 14.6. The molecular formula is C20H20ClN3O3. The number of phenolic OH excluding ortho intramolecular Hbond substituents is 1. The van der Waals surface area contributed by atoms with E-state index in [0.29, 0.717) is 17.1 Å². The van der Waals surface area contributed by atoms with Crippen LogP contribution in [0.1, 0.15) is 22.3 Å². The molecule has 2 aromatic carbocycles. The maximum Gasteiger partial charge on any atom is 0.271 e. The molecule has 0 spiro atoms. The molecule has 3 N–H and O–H groups in total. The minimum absolute atomic E-state index is 0.183. The van der Waals surface area contributed by atoms with Crippen molar-refractivity contribution in [3.05, 3.63) is 70.8 Å². The quantitative estimate of drug-likeness (QED) is 0.706. The van der Waals surface area contributed by atoms with Crippen LogP contribution >= 0.6 is 11.6 Å². The van der Waals surface area contributed by atoms with Crippen LogP contribution in [0.3, 0.4) is 0 Å². The minimum atomic E-state index is -0.456. The molecule has 0 saturated carbocycles. The van der Waals surface area contributed by atoms with E-state index in [1.165, 1.54) is 5.57 Å². The second kappa shape index (κ2) is 8.70. The van der Waals surface area contributed by atoms with Crippen molar-refractivity contribution >= 4 is 29.0 Å². The second-order valence-corrected chi connectivity index (χ2v) is 6.65. The Morgan fingerprint density at radius 1 is 1.07 bits per heavy atom. The summed E-state index contributed by atoms with van der Waals surface area (Å²) in [6.07, 6.45) is 2.88. The third-order valence-corrected chi connectivity index (χ3v) is 4.66. The van der Waals surface area contributed by atoms with Crippen molar-refractivity contribution in [1.82, 2.24) is 15.8 Å². The predicted molar refractivity (Wildman–Crippen MR) is 104 cm³/mol. The Labute approximate surface area is 162 Å². The van der Waals surface area contributed by atoms with Crippen LogP contribution in [0.5, 0.6) is 5.75 Å². The Morgan fingerprint density at radius 3 is 2.48 bits per heavy atom. The van der Waals surface area contributed by atoms with E-state index in [-0.39, 0.29) is 18.2 Å². The summed E-state index contributed by atoms with van der Waals surface area (Å²) < 4.78 is 0. The van der Waals surface area contributed by atoms with Gasteiger partial charge in [-0.2, -0.15) is 0 Å². The van der Waals surface area contributed by atoms with Gasteiger partial charge in [0.15, 0.2) is 0 Å². The number of nitrogens with one attached hydrogen (secondary N) is 2. The summed E-state index contributed by atoms with van der Waals surface area (Å²) in [6.45, 7) is 1.56. The van der Waals surface area contributed by atoms with Crippen molar-refractivity contribution < 1.29 is 14.7 Å². The molecule has 0 unspecified atom stereocenters. The molecule has 2 amide bonds. The molecule has 0 bridgehead atoms. The fraction of sp³-hybridized carbons (Fsp3) is 0.200. The van der Waals surface area contributed by atoms with Crippen molar-refractivity contribution in [1.29, 1.82) is 0 Å². The number of aromatic hydroxyl groups is 1. The summed E-state index contributed by atoms with van der Waals surface area (Å²) in [5.41, 5.74) is 7.37. The topological polar surface area (TPSA) is 81.7 Å². The highest BCUT2D eigenvalue weighted by atomic mass is 35.5. The van der Waals surface area contributed by atoms with Crippen LogP contribution in [0.2, 0.25) is 5.02 Å². The monoisotopic (exact) mass is 385 g/mol. The Bertz CT molecular complexity index is 865. The molecule has 6 nitrogen and oxygen atoms in total. The lowest BCUT2D eigenvalue weighted by atomic mass is 9.99. The van der Waals surface area contributed by atoms with E-state index in [1.807, 2.05) is 17.0 Å². The summed E-state index contributed by atoms with van der Waals surface area (Å²) in [7, 11) is 0. The maximum absolute atomic E-state index is 12.1. The fourth-order valence-electron chi connectivity index (χ4n) is 2.87. The number of rotatable bonds is 4. The summed E-state index contributed by atoms with van der Waals surface area (Å²) in [5, 5.41) is 9.69. The maximum atomic E-state index is 12.1. The highest BCUT2D eigenvalue weighted by molar-refractivity contribution is 6.33. The van der Waals surface area contributed by atoms with E-state index in [1.54, 1.807) is 36.4 Å². The molecule has 0 radical (unpaired) electrons. The van der Waals surface area contributed by atoms with Gasteiger partial charge in [0.05, 0.1) is 17.1 Å². The molecule has 2 aromatic rings. The number of hydrogen-bond acceptors (Lipinski definition) is 4. The number of phenols is 1. The van der Waals surface area contributed by atoms with Crippen molar-refractivity contribution in [2.45, 2.75) is 6.42 Å². The van der Waals surface area contributed by atoms with Gasteiger partial charge in [0.25, 0.3) is 11.8 Å². The van der Waals surface area contributed by atoms with Crippen LogP contribution in [0.4, 0.5) is 0 Å². The van der Waals surface area contributed by atoms with Gasteiger partial charge < -0.3 is 5.11 Å². The number of benzene rings is 2. The van der Waals surface area contributed by atoms with Gasteiger partial charge in [0.1, 0.15) is 5.75 Å². The van der Waals surface area contributed by atoms with Gasteiger partial charge in [-0.15, -0.1) is 0 Å². The lowest BCUT2D eigenvalue weighted by Crippen LogP contribution is -2.47. The lowest BCUT2D eigenvalue weighted by molar-refractivity contribution is -0.122. The van der Waals surface area contributed by atoms with Crippen LogP contribution in [0.15, 0.2) is 54.6 Å². The van der Waals surface area contributed by atoms with Gasteiger partial charge in [0, 0.05) is 13.1 Å². The van der Waals surface area contributed by atoms with E-state index >= 15 is 0 Å². The summed E-state index contributed by atoms with van der Waals surface area (Å²) >= 11 is 5.96. The van der Waals surface area contributed by atoms with Crippen LogP contribution in [0, 0.1) is 0 Å². The number of carbonyl (C=O) groups is 2. The fourth-order valence-corrected chi connectivity index (χ4v) is 3.10. The van der Waals surface area contributed by atoms with Crippen molar-refractivity contribution in [3.8, 4) is 5.75 Å². The van der Waals surface area contributed by atoms with Gasteiger partial charge in [-0.3, -0.25) is 25.3 Å². The zero-order chi connectivity index (χ0) is 19.2. The molecule has 0 aromatic heterocycles. The first-order valence-corrected chi connectivity index (χ1v) is 8.95. The SMILES string of the molecule is O=C(CN1CC=C(c2ccc(O)cc2)CC1)NNC(=O)c1ccccc1Cl. The van der Waals surface area contributed by atoms with Crippen molar-refractivity contribution in [2.24, 2.45) is 0 Å². The van der Waals surface area contributed by atoms with Gasteiger partial charge in [0.2, 0.25) is 0 Å². The lowest BCUT2D eigenvalue weighted by Gasteiger charge is -2.25. The Morgan fingerprint density at radius 2 is 1.81 bits per heavy atom. The van der Waals surface area contributed by atoms with E-state index in [4.69, 9.17) is 11.6 Å². The molecule has 1 heterocycles. The average molecular weight is 386 g/mol. The number of carbonyl (C=O) groups excluding carboxylic acids is 2. The average Bonchev–Trinajstić information content (AvgIpc) is 2.68. The highest BCUT2D eigenvalue weighted by Crippen LogP contribution is 2.23. The molecule has 27 heavy (non-hydrogen) atoms. The smallest absolute Gasteiger partial charge is 0.271 e. The first-order valence-electron chi connectivity index (χ1n) is 8.57. The standard InChI is InChI=1S/C20H20ClN3O3/c21-18-4-2-1-3-17(18)20(27)23-22-19(26)13-24-11-9-15(10-12-24)14-5-7-16(25)8-6-14/h1-9,25H,10-13H2,(H,22,26)(H,23,27). The van der Waals surface area contributed by atoms with Gasteiger partial charge >= 0.3 is 0 Å². The molecule has 1 aliphatic rings. The highest BCUT2D eigenvalue weighted by Gasteiger charge is 2.17. The molecule has 7 heteroatoms. The van der Waals surface area contributed by atoms with Gasteiger partial charge in [-0.05, 0) is 41.8 Å². The molecular weight excluding hydrogens is 366 g/mol. The van der Waals surface area contributed by atoms with E-state index < -0.39 is 5.91 Å². The molecule has 0 saturated heterocycles. The molecule has 3 rings (SSSR count). The molecule has 0 aliphatic carbocycles. The third kappa shape index (κ3) is 5.09. The summed E-state index contributed by atoms with van der Waals surface area (Å²) in [4.78, 5) is 26.1. The van der Waals surface area contributed by atoms with Crippen molar-refractivity contribution in [3.63, 3.8) is 0 Å².